The summed E-state index contributed by atoms with van der Waals surface area (Å²) < 4.78 is 251. The highest BCUT2D eigenvalue weighted by Crippen LogP contribution is 2.42. The van der Waals surface area contributed by atoms with Gasteiger partial charge in [-0.1, -0.05) is 69.5 Å². The molecule has 6 aromatic carbocycles. The van der Waals surface area contributed by atoms with Crippen LogP contribution in [0.4, 0.5) is 82.8 Å². The summed E-state index contributed by atoms with van der Waals surface area (Å²) in [6.07, 6.45) is 16.8. The maximum atomic E-state index is 16.3. The van der Waals surface area contributed by atoms with Crippen molar-refractivity contribution in [3.63, 3.8) is 0 Å². The Hall–Kier alpha value is -13.7. The number of pyridine rings is 3. The third-order valence-corrected chi connectivity index (χ3v) is 25.1. The molecule has 0 bridgehead atoms. The number of nitrogens with one attached hydrogen (secondary N) is 4. The number of hydrogen-bond donors (Lipinski definition) is 4. The average Bonchev–Trinajstić information content (AvgIpc) is 1.61. The minimum Gasteiger partial charge on any atom is -0.354 e. The van der Waals surface area contributed by atoms with Gasteiger partial charge in [-0.3, -0.25) is 27.6 Å². The van der Waals surface area contributed by atoms with E-state index in [2.05, 4.69) is 62.0 Å². The normalized spacial score (nSPS) is 13.4. The van der Waals surface area contributed by atoms with Crippen molar-refractivity contribution in [1.82, 2.24) is 68.3 Å². The molecule has 9 aromatic heterocycles. The van der Waals surface area contributed by atoms with Crippen LogP contribution in [0, 0.1) is 77.8 Å². The molecule has 648 valence electrons. The van der Waals surface area contributed by atoms with Gasteiger partial charge >= 0.3 is 0 Å². The van der Waals surface area contributed by atoms with Gasteiger partial charge in [-0.15, -0.1) is 0 Å². The lowest BCUT2D eigenvalue weighted by molar-refractivity contribution is 0.312. The van der Waals surface area contributed by atoms with E-state index >= 15 is 13.2 Å². The van der Waals surface area contributed by atoms with E-state index in [0.29, 0.717) is 64.5 Å². The molecule has 10 heterocycles. The molecule has 25 nitrogen and oxygen atoms in total. The molecule has 0 atom stereocenters. The molecule has 126 heavy (non-hydrogen) atoms. The maximum Gasteiger partial charge on any atom is 0.267 e. The zero-order chi connectivity index (χ0) is 89.2. The number of piperazine rings is 1. The van der Waals surface area contributed by atoms with Crippen molar-refractivity contribution in [3.05, 3.63) is 282 Å². The molecule has 1 saturated carbocycles. The van der Waals surface area contributed by atoms with Crippen LogP contribution in [0.1, 0.15) is 74.8 Å². The summed E-state index contributed by atoms with van der Waals surface area (Å²) in [7, 11) is -12.4. The number of anilines is 6. The van der Waals surface area contributed by atoms with Gasteiger partial charge in [0, 0.05) is 105 Å². The van der Waals surface area contributed by atoms with E-state index < -0.39 is 126 Å². The van der Waals surface area contributed by atoms with Gasteiger partial charge in [0.15, 0.2) is 32.1 Å². The van der Waals surface area contributed by atoms with Gasteiger partial charge in [-0.2, -0.15) is 5.10 Å². The Morgan fingerprint density at radius 2 is 0.921 bits per heavy atom. The molecule has 0 amide bonds. The second kappa shape index (κ2) is 36.3. The smallest absolute Gasteiger partial charge is 0.267 e. The lowest BCUT2D eigenvalue weighted by atomic mass is 9.96. The minimum absolute atomic E-state index is 0.0134. The van der Waals surface area contributed by atoms with Gasteiger partial charge in [0.1, 0.15) is 92.4 Å². The van der Waals surface area contributed by atoms with Crippen LogP contribution in [0.15, 0.2) is 210 Å². The number of rotatable bonds is 21. The Labute approximate surface area is 714 Å². The predicted octanol–water partition coefficient (Wildman–Crippen LogP) is 18.0. The molecule has 1 saturated heterocycles. The lowest BCUT2D eigenvalue weighted by Gasteiger charge is -2.33. The first-order chi connectivity index (χ1) is 60.4. The van der Waals surface area contributed by atoms with E-state index in [1.165, 1.54) is 108 Å². The summed E-state index contributed by atoms with van der Waals surface area (Å²) >= 11 is 0. The average molecular weight is 1790 g/mol. The standard InChI is InChI=1S/C35H36F3N9O2S.2C26H19F4N5O2S/c1-45-17-19-46(20-18-45)31-14-13-23(21-40-31)41-35-39-16-15-29(42-35)26-22-47(24-7-3-2-4-8-24)43-33(26)25-9-5-12-30(32(25)38)44-50(48,49)34-27(36)10-6-11-28(34)37;1-3-20-31-12-11-19(32-20)25-24(33-21-10-8-15(27)13-35(21)25)16-5-4-6-18(23(16)30)34-38(36,37)26-17(28)9-7-14(2)22(26)29;1-3-20-31-11-9-19(32-20)25-24(33-21-13-15(27)10-12-35(21)25)16-5-4-6-18(23(16)30)34-38(36,37)26-17(28)8-7-14(2)22(26)29/h5-6,9-16,21-22,24,44H,2-4,7-8,17-20H2,1H3,(H,39,41,42);2*4-13,34H,3H2,1-2H3. The van der Waals surface area contributed by atoms with Crippen LogP contribution in [0.3, 0.4) is 0 Å². The minimum atomic E-state index is -4.86. The molecule has 2 fully saturated rings. The Morgan fingerprint density at radius 3 is 1.45 bits per heavy atom. The fourth-order valence-electron chi connectivity index (χ4n) is 14.5. The van der Waals surface area contributed by atoms with Gasteiger partial charge in [-0.05, 0) is 154 Å². The van der Waals surface area contributed by atoms with Crippen LogP contribution in [0.25, 0.3) is 79.1 Å². The largest absolute Gasteiger partial charge is 0.354 e. The third-order valence-electron chi connectivity index (χ3n) is 20.8. The number of aromatic nitrogens is 13. The molecule has 39 heteroatoms. The number of hydrogen-bond acceptors (Lipinski definition) is 19. The summed E-state index contributed by atoms with van der Waals surface area (Å²) in [5, 5.41) is 8.02. The van der Waals surface area contributed by atoms with Crippen molar-refractivity contribution in [2.75, 3.05) is 57.6 Å². The van der Waals surface area contributed by atoms with Crippen molar-refractivity contribution < 1.29 is 73.5 Å². The lowest BCUT2D eigenvalue weighted by Crippen LogP contribution is -2.44. The molecular weight excluding hydrogens is 1710 g/mol. The summed E-state index contributed by atoms with van der Waals surface area (Å²) in [5.74, 6) is -9.82. The van der Waals surface area contributed by atoms with Gasteiger partial charge in [0.05, 0.1) is 63.5 Å². The van der Waals surface area contributed by atoms with Gasteiger partial charge < -0.3 is 15.1 Å². The first kappa shape index (κ1) is 87.2. The quantitative estimate of drug-likeness (QED) is 0.0486. The number of halogens is 11. The zero-order valence-corrected chi connectivity index (χ0v) is 69.8. The van der Waals surface area contributed by atoms with E-state index in [4.69, 9.17) is 10.1 Å². The summed E-state index contributed by atoms with van der Waals surface area (Å²) in [4.78, 5) is 40.8. The topological polar surface area (TPSA) is 300 Å². The van der Waals surface area contributed by atoms with E-state index in [1.54, 1.807) is 30.6 Å². The number of likely N-dealkylation sites (N-methyl/N-ethyl adjacent to an activating group) is 1. The van der Waals surface area contributed by atoms with E-state index in [9.17, 15) is 60.4 Å². The molecule has 17 rings (SSSR count). The van der Waals surface area contributed by atoms with Crippen LogP contribution < -0.4 is 24.4 Å². The third kappa shape index (κ3) is 18.2. The van der Waals surface area contributed by atoms with E-state index in [0.717, 1.165) is 125 Å². The molecule has 0 radical (unpaired) electrons. The highest BCUT2D eigenvalue weighted by atomic mass is 32.2. The molecule has 0 spiro atoms. The Kier molecular flexibility index (Phi) is 25.1. The fourth-order valence-corrected chi connectivity index (χ4v) is 18.2. The van der Waals surface area contributed by atoms with Crippen LogP contribution in [0.2, 0.25) is 0 Å². The van der Waals surface area contributed by atoms with Crippen LogP contribution in [0.5, 0.6) is 0 Å². The highest BCUT2D eigenvalue weighted by molar-refractivity contribution is 7.93. The van der Waals surface area contributed by atoms with Crippen molar-refractivity contribution in [2.45, 2.75) is 93.4 Å². The second-order valence-electron chi connectivity index (χ2n) is 29.3. The Bertz CT molecular complexity index is 6910. The van der Waals surface area contributed by atoms with Crippen LogP contribution in [-0.4, -0.2) is 127 Å². The number of sulfonamides is 3. The summed E-state index contributed by atoms with van der Waals surface area (Å²) in [6.45, 7) is 10.0. The first-order valence-corrected chi connectivity index (χ1v) is 43.7. The monoisotopic (exact) mass is 1790 g/mol. The van der Waals surface area contributed by atoms with E-state index in [-0.39, 0.29) is 67.9 Å². The fraction of sp³-hybridized carbons (Fsp3) is 0.195. The Morgan fingerprint density at radius 1 is 0.429 bits per heavy atom. The van der Waals surface area contributed by atoms with Gasteiger partial charge in [0.2, 0.25) is 5.95 Å². The SMILES string of the molecule is CCc1nccc(-c2c(-c3cccc(NS(=O)(=O)c4c(F)ccc(C)c4F)c3F)nc3cc(F)ccn23)n1.CCc1nccc(-c2c(-c3cccc(NS(=O)(=O)c4c(F)ccc(C)c4F)c3F)nc3ccc(F)cn23)n1.CN1CCN(c2ccc(Nc3nccc(-c4cn(C5CCCCC5)nc4-c4cccc(NS(=O)(=O)c5c(F)cccc5F)c4F)n3)cn2)CC1. The highest BCUT2D eigenvalue weighted by Gasteiger charge is 2.34. The summed E-state index contributed by atoms with van der Waals surface area (Å²) in [5.41, 5.74) is 1.55. The van der Waals surface area contributed by atoms with Crippen molar-refractivity contribution >= 4 is 75.9 Å². The van der Waals surface area contributed by atoms with Crippen LogP contribution >= 0.6 is 0 Å². The second-order valence-corrected chi connectivity index (χ2v) is 34.2. The zero-order valence-electron chi connectivity index (χ0n) is 67.4. The van der Waals surface area contributed by atoms with Crippen molar-refractivity contribution in [1.29, 1.82) is 0 Å². The van der Waals surface area contributed by atoms with Crippen molar-refractivity contribution in [2.24, 2.45) is 0 Å². The molecule has 1 aliphatic heterocycles. The molecule has 15 aromatic rings. The van der Waals surface area contributed by atoms with E-state index in [1.807, 2.05) is 51.0 Å². The molecule has 4 N–H and O–H groups in total. The predicted molar refractivity (Wildman–Crippen MR) is 451 cm³/mol. The summed E-state index contributed by atoms with van der Waals surface area (Å²) in [6, 6.07) is 32.0. The number of imidazole rings is 2. The molecule has 1 aliphatic carbocycles. The van der Waals surface area contributed by atoms with Gasteiger partial charge in [-0.25, -0.2) is 118 Å². The molecule has 0 unspecified atom stereocenters. The molecule has 2 aliphatic rings. The maximum absolute atomic E-state index is 16.3. The number of aryl methyl sites for hydroxylation is 4. The van der Waals surface area contributed by atoms with Crippen LogP contribution in [-0.2, 0) is 42.9 Å². The number of nitrogens with zero attached hydrogens (tertiary/aromatic N) is 15. The first-order valence-electron chi connectivity index (χ1n) is 39.2. The Balaban J connectivity index is 0.000000148. The number of benzene rings is 6. The van der Waals surface area contributed by atoms with Crippen molar-refractivity contribution in [3.8, 4) is 67.8 Å². The van der Waals surface area contributed by atoms with Gasteiger partial charge in [0.25, 0.3) is 30.1 Å². The number of fused-ring (bicyclic) bond motifs is 2. The molecular formula is C87H74F11N19O6S3.